The molecule has 0 saturated carbocycles. The molecule has 2 aromatic heterocycles. The van der Waals surface area contributed by atoms with Crippen molar-refractivity contribution in [2.45, 2.75) is 52.9 Å². The molecule has 1 amide bonds. The van der Waals surface area contributed by atoms with Crippen LogP contribution in [0, 0.1) is 12.7 Å². The quantitative estimate of drug-likeness (QED) is 0.119. The van der Waals surface area contributed by atoms with E-state index < -0.39 is 29.4 Å². The van der Waals surface area contributed by atoms with Crippen LogP contribution in [0.3, 0.4) is 0 Å². The Balaban J connectivity index is 1.68. The minimum atomic E-state index is -1.22. The summed E-state index contributed by atoms with van der Waals surface area (Å²) >= 11 is 7.25. The Morgan fingerprint density at radius 1 is 1.18 bits per heavy atom. The summed E-state index contributed by atoms with van der Waals surface area (Å²) in [5.74, 6) is -0.723. The van der Waals surface area contributed by atoms with E-state index in [1.807, 2.05) is 26.8 Å². The minimum absolute atomic E-state index is 0.0319. The molecule has 3 heterocycles. The number of fused-ring (bicyclic) bond motifs is 2. The van der Waals surface area contributed by atoms with E-state index in [0.29, 0.717) is 69.9 Å². The number of hydrogen-bond acceptors (Lipinski definition) is 9. The zero-order valence-electron chi connectivity index (χ0n) is 28.8. The molecule has 4 aromatic rings. The third kappa shape index (κ3) is 7.76. The van der Waals surface area contributed by atoms with Gasteiger partial charge in [-0.2, -0.15) is 5.10 Å². The Labute approximate surface area is 295 Å². The van der Waals surface area contributed by atoms with Crippen LogP contribution in [0.4, 0.5) is 10.1 Å². The fourth-order valence-electron chi connectivity index (χ4n) is 5.69. The fraction of sp³-hybridized carbons (Fsp3) is 0.351. The molecule has 1 N–H and O–H groups in total. The maximum Gasteiger partial charge on any atom is 0.340 e. The smallest absolute Gasteiger partial charge is 0.340 e. The highest BCUT2D eigenvalue weighted by atomic mass is 35.5. The molecule has 2 aromatic carbocycles. The first-order chi connectivity index (χ1) is 23.9. The second-order valence-electron chi connectivity index (χ2n) is 12.5. The van der Waals surface area contributed by atoms with Crippen molar-refractivity contribution in [3.63, 3.8) is 0 Å². The first-order valence-corrected chi connectivity index (χ1v) is 16.6. The minimum Gasteiger partial charge on any atom is -0.490 e. The van der Waals surface area contributed by atoms with Crippen LogP contribution < -0.4 is 19.7 Å². The SMILES string of the molecule is C=CCOc1cc(F)ccc1CNC(=O)c1cc2nc(C)c(C(OC(C)(C)C)C(=O)OCC)c(-c3ccc4c(c3Cl)N(CC=C)CCO4)n2n1. The van der Waals surface area contributed by atoms with Gasteiger partial charge in [0.2, 0.25) is 0 Å². The zero-order valence-corrected chi connectivity index (χ0v) is 29.6. The Kier molecular flexibility index (Phi) is 11.1. The fourth-order valence-corrected chi connectivity index (χ4v) is 6.06. The Morgan fingerprint density at radius 2 is 1.96 bits per heavy atom. The molecule has 0 aliphatic carbocycles. The van der Waals surface area contributed by atoms with E-state index in [0.717, 1.165) is 0 Å². The third-order valence-electron chi connectivity index (χ3n) is 7.74. The van der Waals surface area contributed by atoms with E-state index in [2.05, 4.69) is 23.4 Å². The Morgan fingerprint density at radius 3 is 2.66 bits per heavy atom. The molecule has 0 fully saturated rings. The maximum atomic E-state index is 13.9. The van der Waals surface area contributed by atoms with Crippen LogP contribution in [0.5, 0.6) is 11.5 Å². The first-order valence-electron chi connectivity index (χ1n) is 16.2. The lowest BCUT2D eigenvalue weighted by atomic mass is 9.97. The topological polar surface area (TPSA) is 117 Å². The van der Waals surface area contributed by atoms with Crippen LogP contribution in [-0.4, -0.2) is 65.0 Å². The van der Waals surface area contributed by atoms with Gasteiger partial charge in [0, 0.05) is 47.6 Å². The van der Waals surface area contributed by atoms with Crippen LogP contribution in [0.2, 0.25) is 5.02 Å². The van der Waals surface area contributed by atoms with Crippen LogP contribution in [0.15, 0.2) is 61.7 Å². The van der Waals surface area contributed by atoms with Gasteiger partial charge in [0.05, 0.1) is 35.2 Å². The highest BCUT2D eigenvalue weighted by Crippen LogP contribution is 2.46. The van der Waals surface area contributed by atoms with Crippen molar-refractivity contribution in [2.24, 2.45) is 0 Å². The summed E-state index contributed by atoms with van der Waals surface area (Å²) in [5.41, 5.74) is 2.55. The van der Waals surface area contributed by atoms with Crippen molar-refractivity contribution in [3.05, 3.63) is 95.1 Å². The summed E-state index contributed by atoms with van der Waals surface area (Å²) in [6, 6.07) is 9.22. The van der Waals surface area contributed by atoms with Gasteiger partial charge in [-0.15, -0.1) is 6.58 Å². The number of benzene rings is 2. The monoisotopic (exact) mass is 705 g/mol. The molecule has 264 valence electrons. The molecular formula is C37H41ClFN5O6. The molecule has 5 rings (SSSR count). The highest BCUT2D eigenvalue weighted by Gasteiger charge is 2.36. The average Bonchev–Trinajstić information content (AvgIpc) is 3.49. The van der Waals surface area contributed by atoms with E-state index in [9.17, 15) is 14.0 Å². The van der Waals surface area contributed by atoms with E-state index in [1.54, 1.807) is 38.1 Å². The number of nitrogens with zero attached hydrogens (tertiary/aromatic N) is 4. The second-order valence-corrected chi connectivity index (χ2v) is 12.9. The number of carbonyl (C=O) groups is 2. The number of aryl methyl sites for hydroxylation is 1. The molecule has 0 bridgehead atoms. The van der Waals surface area contributed by atoms with Crippen LogP contribution >= 0.6 is 11.6 Å². The standard InChI is InChI=1S/C37H41ClFN5O6/c1-8-15-43-16-18-49-27-14-13-25(31(38)33(27)43)32-30(34(36(46)47-10-3)50-37(5,6)7)22(4)41-29-20-26(42-44(29)32)35(45)40-21-23-11-12-24(39)19-28(23)48-17-9-2/h8-9,11-14,19-20,34H,1-2,10,15-18,21H2,3-7H3,(H,40,45). The van der Waals surface area contributed by atoms with Crippen molar-refractivity contribution in [3.8, 4) is 22.8 Å². The summed E-state index contributed by atoms with van der Waals surface area (Å²) in [6.07, 6.45) is 2.11. The number of esters is 1. The van der Waals surface area contributed by atoms with Gasteiger partial charge < -0.3 is 29.2 Å². The van der Waals surface area contributed by atoms with Gasteiger partial charge in [-0.25, -0.2) is 18.7 Å². The Bertz CT molecular complexity index is 1940. The summed E-state index contributed by atoms with van der Waals surface area (Å²) < 4.78 is 38.8. The summed E-state index contributed by atoms with van der Waals surface area (Å²) in [5, 5.41) is 7.87. The molecular weight excluding hydrogens is 665 g/mol. The van der Waals surface area contributed by atoms with Gasteiger partial charge in [-0.1, -0.05) is 36.4 Å². The lowest BCUT2D eigenvalue weighted by molar-refractivity contribution is -0.166. The van der Waals surface area contributed by atoms with Crippen molar-refractivity contribution >= 4 is 34.8 Å². The molecule has 13 heteroatoms. The predicted octanol–water partition coefficient (Wildman–Crippen LogP) is 6.80. The number of anilines is 1. The van der Waals surface area contributed by atoms with Gasteiger partial charge in [0.1, 0.15) is 30.5 Å². The van der Waals surface area contributed by atoms with Crippen molar-refractivity contribution in [1.82, 2.24) is 19.9 Å². The number of rotatable bonds is 13. The van der Waals surface area contributed by atoms with Gasteiger partial charge in [0.15, 0.2) is 17.4 Å². The van der Waals surface area contributed by atoms with Crippen molar-refractivity contribution in [2.75, 3.05) is 37.8 Å². The number of halogens is 2. The molecule has 0 spiro atoms. The molecule has 0 saturated heterocycles. The molecule has 1 atom stereocenters. The zero-order chi connectivity index (χ0) is 36.2. The molecule has 1 aliphatic rings. The maximum absolute atomic E-state index is 13.9. The largest absolute Gasteiger partial charge is 0.490 e. The lowest BCUT2D eigenvalue weighted by Crippen LogP contribution is -2.33. The number of hydrogen-bond donors (Lipinski definition) is 1. The Hall–Kier alpha value is -4.94. The lowest BCUT2D eigenvalue weighted by Gasteiger charge is -2.32. The van der Waals surface area contributed by atoms with E-state index in [4.69, 9.17) is 40.6 Å². The molecule has 0 radical (unpaired) electrons. The number of aromatic nitrogens is 3. The number of ether oxygens (including phenoxy) is 4. The van der Waals surface area contributed by atoms with E-state index >= 15 is 0 Å². The normalized spacial score (nSPS) is 13.3. The molecule has 11 nitrogen and oxygen atoms in total. The summed E-state index contributed by atoms with van der Waals surface area (Å²) in [6.45, 7) is 18.4. The van der Waals surface area contributed by atoms with Crippen molar-refractivity contribution in [1.29, 1.82) is 0 Å². The second kappa shape index (κ2) is 15.3. The van der Waals surface area contributed by atoms with Gasteiger partial charge in [-0.05, 0) is 52.8 Å². The van der Waals surface area contributed by atoms with Crippen LogP contribution in [0.1, 0.15) is 61.1 Å². The highest BCUT2D eigenvalue weighted by molar-refractivity contribution is 6.36. The summed E-state index contributed by atoms with van der Waals surface area (Å²) in [4.78, 5) is 34.0. The van der Waals surface area contributed by atoms with E-state index in [1.165, 1.54) is 22.7 Å². The van der Waals surface area contributed by atoms with Gasteiger partial charge in [-0.3, -0.25) is 4.79 Å². The number of nitrogens with one attached hydrogen (secondary N) is 1. The molecule has 50 heavy (non-hydrogen) atoms. The van der Waals surface area contributed by atoms with Crippen LogP contribution in [-0.2, 0) is 20.8 Å². The number of carbonyl (C=O) groups excluding carboxylic acids is 2. The third-order valence-corrected chi connectivity index (χ3v) is 8.12. The van der Waals surface area contributed by atoms with Crippen molar-refractivity contribution < 1.29 is 32.9 Å². The molecule has 1 unspecified atom stereocenters. The predicted molar refractivity (Wildman–Crippen MR) is 190 cm³/mol. The van der Waals surface area contributed by atoms with Gasteiger partial charge in [0.25, 0.3) is 5.91 Å². The first kappa shape index (κ1) is 36.3. The van der Waals surface area contributed by atoms with E-state index in [-0.39, 0.29) is 31.2 Å². The van der Waals surface area contributed by atoms with Crippen LogP contribution in [0.25, 0.3) is 16.9 Å². The average molecular weight is 706 g/mol. The molecule has 1 aliphatic heterocycles. The van der Waals surface area contributed by atoms with Gasteiger partial charge >= 0.3 is 5.97 Å². The number of amides is 1. The summed E-state index contributed by atoms with van der Waals surface area (Å²) in [7, 11) is 0.